The zero-order chi connectivity index (χ0) is 16.4. The van der Waals surface area contributed by atoms with Gasteiger partial charge < -0.3 is 11.1 Å². The molecule has 0 saturated heterocycles. The van der Waals surface area contributed by atoms with E-state index in [2.05, 4.69) is 5.32 Å². The normalized spacial score (nSPS) is 25.6. The molecular formula is C18H23ClN2O2. The molecule has 0 aromatic heterocycles. The topological polar surface area (TPSA) is 72.2 Å². The highest BCUT2D eigenvalue weighted by Gasteiger charge is 2.39. The molecule has 2 fully saturated rings. The number of carbonyl (C=O) groups is 2. The number of halogens is 1. The van der Waals surface area contributed by atoms with E-state index in [0.717, 1.165) is 18.4 Å². The molecule has 2 aliphatic carbocycles. The van der Waals surface area contributed by atoms with Gasteiger partial charge in [-0.25, -0.2) is 0 Å². The number of carbonyl (C=O) groups excluding carboxylic acids is 2. The summed E-state index contributed by atoms with van der Waals surface area (Å²) in [6.07, 6.45) is 5.84. The predicted molar refractivity (Wildman–Crippen MR) is 89.7 cm³/mol. The number of nitrogens with two attached hydrogens (primary N) is 1. The van der Waals surface area contributed by atoms with Crippen LogP contribution in [0, 0.1) is 17.8 Å². The molecule has 23 heavy (non-hydrogen) atoms. The molecule has 1 aromatic carbocycles. The van der Waals surface area contributed by atoms with Crippen LogP contribution in [0.25, 0.3) is 0 Å². The lowest BCUT2D eigenvalue weighted by Gasteiger charge is -2.34. The van der Waals surface area contributed by atoms with Crippen molar-refractivity contribution in [2.75, 3.05) is 0 Å². The molecule has 2 aliphatic rings. The van der Waals surface area contributed by atoms with Crippen LogP contribution in [0.15, 0.2) is 24.3 Å². The minimum atomic E-state index is -0.295. The first-order valence-corrected chi connectivity index (χ1v) is 8.77. The van der Waals surface area contributed by atoms with E-state index >= 15 is 0 Å². The van der Waals surface area contributed by atoms with Crippen LogP contribution in [0.1, 0.15) is 50.1 Å². The number of nitrogens with one attached hydrogen (secondary N) is 1. The van der Waals surface area contributed by atoms with Gasteiger partial charge in [-0.1, -0.05) is 36.6 Å². The van der Waals surface area contributed by atoms with Crippen molar-refractivity contribution >= 4 is 23.4 Å². The average molecular weight is 335 g/mol. The fraction of sp³-hybridized carbons (Fsp3) is 0.556. The van der Waals surface area contributed by atoms with Gasteiger partial charge in [-0.15, -0.1) is 0 Å². The van der Waals surface area contributed by atoms with Crippen LogP contribution >= 0.6 is 11.6 Å². The Morgan fingerprint density at radius 2 is 1.87 bits per heavy atom. The van der Waals surface area contributed by atoms with Crippen molar-refractivity contribution < 1.29 is 9.59 Å². The number of rotatable bonds is 5. The van der Waals surface area contributed by atoms with Crippen molar-refractivity contribution in [1.82, 2.24) is 5.32 Å². The van der Waals surface area contributed by atoms with E-state index in [4.69, 9.17) is 17.3 Å². The summed E-state index contributed by atoms with van der Waals surface area (Å²) in [4.78, 5) is 23.6. The highest BCUT2D eigenvalue weighted by molar-refractivity contribution is 6.30. The summed E-state index contributed by atoms with van der Waals surface area (Å²) in [7, 11) is 0. The molecule has 0 heterocycles. The van der Waals surface area contributed by atoms with Crippen LogP contribution in [0.5, 0.6) is 0 Å². The number of hydrogen-bond donors (Lipinski definition) is 2. The SMILES string of the molecule is NC(=O)C1CC(C(=O)N[C@H](c2cccc(Cl)c2)C2CCCC2)C1. The molecule has 3 rings (SSSR count). The summed E-state index contributed by atoms with van der Waals surface area (Å²) in [5.41, 5.74) is 6.36. The lowest BCUT2D eigenvalue weighted by Crippen LogP contribution is -2.45. The molecule has 0 bridgehead atoms. The van der Waals surface area contributed by atoms with Crippen LogP contribution in [0.3, 0.4) is 0 Å². The largest absolute Gasteiger partial charge is 0.369 e. The maximum Gasteiger partial charge on any atom is 0.223 e. The molecule has 1 aromatic rings. The van der Waals surface area contributed by atoms with Gasteiger partial charge in [-0.3, -0.25) is 9.59 Å². The third kappa shape index (κ3) is 3.69. The smallest absolute Gasteiger partial charge is 0.223 e. The van der Waals surface area contributed by atoms with Crippen molar-refractivity contribution in [3.8, 4) is 0 Å². The minimum absolute atomic E-state index is 0.0105. The molecule has 0 unspecified atom stereocenters. The van der Waals surface area contributed by atoms with Crippen LogP contribution in [0.4, 0.5) is 0 Å². The Bertz CT molecular complexity index is 592. The maximum absolute atomic E-state index is 12.5. The second-order valence-electron chi connectivity index (χ2n) is 6.85. The summed E-state index contributed by atoms with van der Waals surface area (Å²) < 4.78 is 0. The first-order valence-electron chi connectivity index (χ1n) is 8.39. The van der Waals surface area contributed by atoms with Crippen LogP contribution in [0.2, 0.25) is 5.02 Å². The molecule has 0 radical (unpaired) electrons. The molecule has 0 aliphatic heterocycles. The molecule has 1 atom stereocenters. The van der Waals surface area contributed by atoms with Crippen molar-refractivity contribution in [3.63, 3.8) is 0 Å². The first-order chi connectivity index (χ1) is 11.0. The van der Waals surface area contributed by atoms with E-state index in [1.807, 2.05) is 24.3 Å². The second-order valence-corrected chi connectivity index (χ2v) is 7.29. The molecule has 5 heteroatoms. The molecule has 2 saturated carbocycles. The Hall–Kier alpha value is -1.55. The summed E-state index contributed by atoms with van der Waals surface area (Å²) in [5.74, 6) is -0.0162. The fourth-order valence-corrected chi connectivity index (χ4v) is 4.00. The van der Waals surface area contributed by atoms with Gasteiger partial charge in [0.15, 0.2) is 0 Å². The van der Waals surface area contributed by atoms with Crippen molar-refractivity contribution in [3.05, 3.63) is 34.9 Å². The Balaban J connectivity index is 1.69. The van der Waals surface area contributed by atoms with Gasteiger partial charge in [-0.05, 0) is 49.3 Å². The van der Waals surface area contributed by atoms with Gasteiger partial charge in [0.25, 0.3) is 0 Å². The van der Waals surface area contributed by atoms with Gasteiger partial charge in [0.05, 0.1) is 6.04 Å². The second kappa shape index (κ2) is 6.91. The number of amides is 2. The summed E-state index contributed by atoms with van der Waals surface area (Å²) in [6, 6.07) is 7.76. The monoisotopic (exact) mass is 334 g/mol. The van der Waals surface area contributed by atoms with Crippen LogP contribution in [-0.2, 0) is 9.59 Å². The summed E-state index contributed by atoms with van der Waals surface area (Å²) >= 11 is 6.12. The zero-order valence-electron chi connectivity index (χ0n) is 13.1. The Labute approximate surface area is 141 Å². The van der Waals surface area contributed by atoms with Gasteiger partial charge in [-0.2, -0.15) is 0 Å². The van der Waals surface area contributed by atoms with Crippen molar-refractivity contribution in [2.45, 2.75) is 44.6 Å². The highest BCUT2D eigenvalue weighted by Crippen LogP contribution is 2.38. The Morgan fingerprint density at radius 3 is 2.48 bits per heavy atom. The van der Waals surface area contributed by atoms with E-state index in [9.17, 15) is 9.59 Å². The maximum atomic E-state index is 12.5. The van der Waals surface area contributed by atoms with Gasteiger partial charge >= 0.3 is 0 Å². The Morgan fingerprint density at radius 1 is 1.17 bits per heavy atom. The average Bonchev–Trinajstić information content (AvgIpc) is 2.96. The molecular weight excluding hydrogens is 312 g/mol. The predicted octanol–water partition coefficient (Wildman–Crippen LogP) is 3.20. The third-order valence-electron chi connectivity index (χ3n) is 5.29. The standard InChI is InChI=1S/C18H23ClN2O2/c19-15-7-3-6-12(10-15)16(11-4-1-2-5-11)21-18(23)14-8-13(9-14)17(20)22/h3,6-7,10-11,13-14,16H,1-2,4-5,8-9H2,(H2,20,22)(H,21,23)/t13?,14?,16-/m0/s1. The minimum Gasteiger partial charge on any atom is -0.369 e. The molecule has 124 valence electrons. The van der Waals surface area contributed by atoms with Crippen molar-refractivity contribution in [1.29, 1.82) is 0 Å². The third-order valence-corrected chi connectivity index (χ3v) is 5.52. The first kappa shape index (κ1) is 16.3. The van der Waals surface area contributed by atoms with E-state index in [-0.39, 0.29) is 29.7 Å². The number of hydrogen-bond acceptors (Lipinski definition) is 2. The van der Waals surface area contributed by atoms with Crippen molar-refractivity contribution in [2.24, 2.45) is 23.5 Å². The zero-order valence-corrected chi connectivity index (χ0v) is 13.9. The summed E-state index contributed by atoms with van der Waals surface area (Å²) in [6.45, 7) is 0. The van der Waals surface area contributed by atoms with E-state index in [1.54, 1.807) is 0 Å². The quantitative estimate of drug-likeness (QED) is 0.867. The molecule has 4 nitrogen and oxygen atoms in total. The van der Waals surface area contributed by atoms with E-state index in [0.29, 0.717) is 23.8 Å². The van der Waals surface area contributed by atoms with Crippen LogP contribution < -0.4 is 11.1 Å². The van der Waals surface area contributed by atoms with E-state index in [1.165, 1.54) is 12.8 Å². The van der Waals surface area contributed by atoms with Gasteiger partial charge in [0.2, 0.25) is 11.8 Å². The number of benzene rings is 1. The fourth-order valence-electron chi connectivity index (χ4n) is 3.80. The van der Waals surface area contributed by atoms with Gasteiger partial charge in [0.1, 0.15) is 0 Å². The summed E-state index contributed by atoms with van der Waals surface area (Å²) in [5, 5.41) is 3.91. The number of primary amides is 1. The lowest BCUT2D eigenvalue weighted by molar-refractivity contribution is -0.134. The van der Waals surface area contributed by atoms with E-state index < -0.39 is 0 Å². The van der Waals surface area contributed by atoms with Gasteiger partial charge in [0, 0.05) is 16.9 Å². The van der Waals surface area contributed by atoms with Crippen LogP contribution in [-0.4, -0.2) is 11.8 Å². The molecule has 2 amide bonds. The lowest BCUT2D eigenvalue weighted by atomic mass is 9.73. The molecule has 3 N–H and O–H groups in total. The highest BCUT2D eigenvalue weighted by atomic mass is 35.5. The molecule has 0 spiro atoms. The Kier molecular flexibility index (Phi) is 4.90.